The smallest absolute Gasteiger partial charge is 0.175 e. The van der Waals surface area contributed by atoms with E-state index in [0.29, 0.717) is 16.9 Å². The maximum absolute atomic E-state index is 6.00. The lowest BCUT2D eigenvalue weighted by molar-refractivity contribution is 0.182. The summed E-state index contributed by atoms with van der Waals surface area (Å²) in [7, 11) is 1.67. The van der Waals surface area contributed by atoms with Crippen LogP contribution < -0.4 is 4.90 Å². The monoisotopic (exact) mass is 263 g/mol. The highest BCUT2D eigenvalue weighted by Crippen LogP contribution is 2.26. The van der Waals surface area contributed by atoms with Gasteiger partial charge >= 0.3 is 0 Å². The Labute approximate surface area is 106 Å². The van der Waals surface area contributed by atoms with Crippen LogP contribution in [0.5, 0.6) is 0 Å². The molecule has 1 unspecified atom stereocenters. The van der Waals surface area contributed by atoms with Gasteiger partial charge in [-0.15, -0.1) is 10.2 Å². The van der Waals surface area contributed by atoms with Crippen LogP contribution in [0.2, 0.25) is 10.3 Å². The number of likely N-dealkylation sites (N-methyl/N-ethyl adjacent to an activating group) is 1. The van der Waals surface area contributed by atoms with Crippen LogP contribution in [0.25, 0.3) is 0 Å². The van der Waals surface area contributed by atoms with Gasteiger partial charge in [-0.05, 0) is 13.8 Å². The summed E-state index contributed by atoms with van der Waals surface area (Å²) < 4.78 is 5.12. The molecule has 1 aromatic rings. The zero-order valence-electron chi connectivity index (χ0n) is 9.57. The first kappa shape index (κ1) is 13.5. The van der Waals surface area contributed by atoms with E-state index in [1.54, 1.807) is 13.2 Å². The summed E-state index contributed by atoms with van der Waals surface area (Å²) in [6.07, 6.45) is 0. The highest BCUT2D eigenvalue weighted by atomic mass is 35.5. The molecule has 90 valence electrons. The van der Waals surface area contributed by atoms with Gasteiger partial charge in [-0.3, -0.25) is 0 Å². The lowest BCUT2D eigenvalue weighted by Crippen LogP contribution is -2.36. The molecule has 4 nitrogen and oxygen atoms in total. The molecule has 6 heteroatoms. The third-order valence-electron chi connectivity index (χ3n) is 2.29. The maximum Gasteiger partial charge on any atom is 0.175 e. The van der Waals surface area contributed by atoms with Crippen molar-refractivity contribution in [3.8, 4) is 0 Å². The largest absolute Gasteiger partial charge is 0.383 e. The summed E-state index contributed by atoms with van der Waals surface area (Å²) in [6, 6.07) is 1.92. The van der Waals surface area contributed by atoms with Gasteiger partial charge in [-0.2, -0.15) is 0 Å². The SMILES string of the molecule is CCN(c1cc(Cl)nnc1Cl)C(C)COC. The molecule has 1 aromatic heterocycles. The Balaban J connectivity index is 2.98. The number of hydrogen-bond acceptors (Lipinski definition) is 4. The number of aromatic nitrogens is 2. The molecule has 0 aromatic carbocycles. The highest BCUT2D eigenvalue weighted by molar-refractivity contribution is 6.33. The molecule has 0 radical (unpaired) electrons. The van der Waals surface area contributed by atoms with Gasteiger partial charge in [0.05, 0.1) is 12.3 Å². The van der Waals surface area contributed by atoms with E-state index in [1.807, 2.05) is 6.92 Å². The van der Waals surface area contributed by atoms with Crippen molar-refractivity contribution in [1.82, 2.24) is 10.2 Å². The minimum Gasteiger partial charge on any atom is -0.383 e. The molecule has 0 saturated carbocycles. The van der Waals surface area contributed by atoms with Gasteiger partial charge in [0.1, 0.15) is 0 Å². The number of methoxy groups -OCH3 is 1. The molecule has 1 heterocycles. The number of anilines is 1. The van der Waals surface area contributed by atoms with Crippen molar-refractivity contribution >= 4 is 28.9 Å². The number of halogens is 2. The molecule has 1 rings (SSSR count). The van der Waals surface area contributed by atoms with Crippen LogP contribution in [0, 0.1) is 0 Å². The Morgan fingerprint density at radius 2 is 2.12 bits per heavy atom. The van der Waals surface area contributed by atoms with Crippen molar-refractivity contribution in [3.63, 3.8) is 0 Å². The zero-order valence-corrected chi connectivity index (χ0v) is 11.1. The van der Waals surface area contributed by atoms with Crippen LogP contribution in [0.1, 0.15) is 13.8 Å². The predicted molar refractivity (Wildman–Crippen MR) is 66.4 cm³/mol. The summed E-state index contributed by atoms with van der Waals surface area (Å²) in [5.74, 6) is 0. The second-order valence-electron chi connectivity index (χ2n) is 3.43. The van der Waals surface area contributed by atoms with E-state index in [-0.39, 0.29) is 6.04 Å². The van der Waals surface area contributed by atoms with E-state index in [9.17, 15) is 0 Å². The number of hydrogen-bond donors (Lipinski definition) is 0. The molecule has 0 aliphatic heterocycles. The zero-order chi connectivity index (χ0) is 12.1. The van der Waals surface area contributed by atoms with Crippen LogP contribution in [-0.2, 0) is 4.74 Å². The van der Waals surface area contributed by atoms with Crippen LogP contribution in [0.15, 0.2) is 6.07 Å². The van der Waals surface area contributed by atoms with E-state index in [2.05, 4.69) is 22.0 Å². The Morgan fingerprint density at radius 3 is 2.69 bits per heavy atom. The Hall–Kier alpha value is -0.580. The molecular formula is C10H15Cl2N3O. The second kappa shape index (κ2) is 6.23. The summed E-state index contributed by atoms with van der Waals surface area (Å²) in [5.41, 5.74) is 0.786. The van der Waals surface area contributed by atoms with Crippen molar-refractivity contribution in [3.05, 3.63) is 16.4 Å². The summed E-state index contributed by atoms with van der Waals surface area (Å²) in [4.78, 5) is 2.08. The summed E-state index contributed by atoms with van der Waals surface area (Å²) >= 11 is 11.8. The third kappa shape index (κ3) is 3.20. The summed E-state index contributed by atoms with van der Waals surface area (Å²) in [5, 5.41) is 8.17. The fraction of sp³-hybridized carbons (Fsp3) is 0.600. The molecule has 0 aliphatic rings. The normalized spacial score (nSPS) is 12.6. The molecule has 0 bridgehead atoms. The molecule has 0 amide bonds. The first-order valence-electron chi connectivity index (χ1n) is 5.04. The van der Waals surface area contributed by atoms with Crippen LogP contribution >= 0.6 is 23.2 Å². The Bertz CT molecular complexity index is 349. The standard InChI is InChI=1S/C10H15Cl2N3O/c1-4-15(7(2)6-16-3)8-5-9(11)13-14-10(8)12/h5,7H,4,6H2,1-3H3. The number of rotatable bonds is 5. The fourth-order valence-electron chi connectivity index (χ4n) is 1.60. The van der Waals surface area contributed by atoms with Crippen molar-refractivity contribution in [2.75, 3.05) is 25.2 Å². The van der Waals surface area contributed by atoms with Crippen molar-refractivity contribution in [2.24, 2.45) is 0 Å². The molecule has 0 fully saturated rings. The first-order valence-corrected chi connectivity index (χ1v) is 5.80. The van der Waals surface area contributed by atoms with Gasteiger partial charge in [-0.25, -0.2) is 0 Å². The minimum absolute atomic E-state index is 0.202. The van der Waals surface area contributed by atoms with Crippen molar-refractivity contribution in [2.45, 2.75) is 19.9 Å². The van der Waals surface area contributed by atoms with Gasteiger partial charge in [-0.1, -0.05) is 23.2 Å². The first-order chi connectivity index (χ1) is 7.60. The van der Waals surface area contributed by atoms with Gasteiger partial charge in [0.15, 0.2) is 10.3 Å². The van der Waals surface area contributed by atoms with Gasteiger partial charge in [0, 0.05) is 25.8 Å². The Kier molecular flexibility index (Phi) is 5.25. The van der Waals surface area contributed by atoms with E-state index >= 15 is 0 Å². The van der Waals surface area contributed by atoms with Gasteiger partial charge in [0.2, 0.25) is 0 Å². The molecule has 0 spiro atoms. The third-order valence-corrected chi connectivity index (χ3v) is 2.74. The van der Waals surface area contributed by atoms with Crippen LogP contribution in [0.3, 0.4) is 0 Å². The van der Waals surface area contributed by atoms with Gasteiger partial charge in [0.25, 0.3) is 0 Å². The quantitative estimate of drug-likeness (QED) is 0.819. The van der Waals surface area contributed by atoms with E-state index in [4.69, 9.17) is 27.9 Å². The summed E-state index contributed by atoms with van der Waals surface area (Å²) in [6.45, 7) is 5.50. The lowest BCUT2D eigenvalue weighted by Gasteiger charge is -2.29. The van der Waals surface area contributed by atoms with E-state index in [1.165, 1.54) is 0 Å². The van der Waals surface area contributed by atoms with Gasteiger partial charge < -0.3 is 9.64 Å². The second-order valence-corrected chi connectivity index (χ2v) is 4.18. The average Bonchev–Trinajstić information content (AvgIpc) is 2.24. The molecular weight excluding hydrogens is 249 g/mol. The molecule has 0 saturated heterocycles. The number of ether oxygens (including phenoxy) is 1. The maximum atomic E-state index is 6.00. The molecule has 16 heavy (non-hydrogen) atoms. The van der Waals surface area contributed by atoms with Crippen molar-refractivity contribution < 1.29 is 4.74 Å². The number of nitrogens with zero attached hydrogens (tertiary/aromatic N) is 3. The average molecular weight is 264 g/mol. The van der Waals surface area contributed by atoms with Crippen molar-refractivity contribution in [1.29, 1.82) is 0 Å². The van der Waals surface area contributed by atoms with Crippen LogP contribution in [-0.4, -0.2) is 36.5 Å². The highest BCUT2D eigenvalue weighted by Gasteiger charge is 2.17. The predicted octanol–water partition coefficient (Wildman–Crippen LogP) is 2.64. The Morgan fingerprint density at radius 1 is 1.44 bits per heavy atom. The van der Waals surface area contributed by atoms with E-state index < -0.39 is 0 Å². The van der Waals surface area contributed by atoms with Crippen LogP contribution in [0.4, 0.5) is 5.69 Å². The van der Waals surface area contributed by atoms with E-state index in [0.717, 1.165) is 12.2 Å². The topological polar surface area (TPSA) is 38.2 Å². The fourth-order valence-corrected chi connectivity index (χ4v) is 1.94. The molecule has 0 N–H and O–H groups in total. The minimum atomic E-state index is 0.202. The molecule has 1 atom stereocenters. The molecule has 0 aliphatic carbocycles. The lowest BCUT2D eigenvalue weighted by atomic mass is 10.2.